The summed E-state index contributed by atoms with van der Waals surface area (Å²) < 4.78 is 3.40. The molecule has 2 heterocycles. The zero-order valence-corrected chi connectivity index (χ0v) is 8.18. The second-order valence-corrected chi connectivity index (χ2v) is 3.04. The van der Waals surface area contributed by atoms with E-state index >= 15 is 0 Å². The summed E-state index contributed by atoms with van der Waals surface area (Å²) in [6, 6.07) is 0. The van der Waals surface area contributed by atoms with Crippen LogP contribution in [-0.2, 0) is 13.5 Å². The Kier molecular flexibility index (Phi) is 1.95. The molecule has 2 aromatic heterocycles. The Bertz CT molecular complexity index is 440. The minimum Gasteiger partial charge on any atom is -0.366 e. The molecule has 0 radical (unpaired) electrons. The van der Waals surface area contributed by atoms with Crippen LogP contribution >= 0.6 is 0 Å². The first kappa shape index (κ1) is 8.74. The normalized spacial score (nSPS) is 10.7. The van der Waals surface area contributed by atoms with Gasteiger partial charge in [0.05, 0.1) is 11.9 Å². The quantitative estimate of drug-likeness (QED) is 0.734. The number of nitrogen functional groups attached to an aromatic ring is 1. The Morgan fingerprint density at radius 3 is 2.79 bits per heavy atom. The fourth-order valence-electron chi connectivity index (χ4n) is 1.36. The van der Waals surface area contributed by atoms with Gasteiger partial charge in [-0.25, -0.2) is 9.67 Å². The smallest absolute Gasteiger partial charge is 0.239 e. The molecular formula is C8H12N6. The molecule has 0 aliphatic heterocycles. The summed E-state index contributed by atoms with van der Waals surface area (Å²) in [6.07, 6.45) is 4.34. The van der Waals surface area contributed by atoms with E-state index in [1.807, 2.05) is 20.2 Å². The lowest BCUT2D eigenvalue weighted by Gasteiger charge is -1.96. The number of hydrogen-bond donors (Lipinski definition) is 1. The molecule has 6 nitrogen and oxygen atoms in total. The van der Waals surface area contributed by atoms with Crippen LogP contribution in [0, 0.1) is 0 Å². The molecule has 0 fully saturated rings. The van der Waals surface area contributed by atoms with Crippen LogP contribution in [0.5, 0.6) is 0 Å². The second-order valence-electron chi connectivity index (χ2n) is 3.04. The highest BCUT2D eigenvalue weighted by Gasteiger charge is 2.08. The average molecular weight is 192 g/mol. The van der Waals surface area contributed by atoms with E-state index in [1.165, 1.54) is 0 Å². The third kappa shape index (κ3) is 1.34. The van der Waals surface area contributed by atoms with E-state index in [4.69, 9.17) is 5.73 Å². The molecule has 0 atom stereocenters. The van der Waals surface area contributed by atoms with Crippen molar-refractivity contribution in [1.82, 2.24) is 24.5 Å². The highest BCUT2D eigenvalue weighted by molar-refractivity contribution is 5.34. The number of nitrogens with two attached hydrogens (primary N) is 1. The molecule has 0 bridgehead atoms. The fraction of sp³-hybridized carbons (Fsp3) is 0.375. The lowest BCUT2D eigenvalue weighted by atomic mass is 10.3. The van der Waals surface area contributed by atoms with Gasteiger partial charge in [0, 0.05) is 7.05 Å². The minimum atomic E-state index is 0.274. The number of anilines is 1. The monoisotopic (exact) mass is 192 g/mol. The van der Waals surface area contributed by atoms with Gasteiger partial charge in [0.2, 0.25) is 5.95 Å². The molecule has 0 saturated carbocycles. The summed E-state index contributed by atoms with van der Waals surface area (Å²) in [5.41, 5.74) is 7.36. The number of nitrogens with zero attached hydrogens (tertiary/aromatic N) is 5. The minimum absolute atomic E-state index is 0.274. The molecule has 0 amide bonds. The first-order valence-electron chi connectivity index (χ1n) is 4.40. The molecule has 6 heteroatoms. The Morgan fingerprint density at radius 1 is 1.43 bits per heavy atom. The van der Waals surface area contributed by atoms with Crippen LogP contribution in [0.15, 0.2) is 12.5 Å². The van der Waals surface area contributed by atoms with Gasteiger partial charge in [-0.2, -0.15) is 5.10 Å². The molecule has 74 valence electrons. The predicted octanol–water partition coefficient (Wildman–Crippen LogP) is 0.145. The third-order valence-corrected chi connectivity index (χ3v) is 1.97. The van der Waals surface area contributed by atoms with Crippen LogP contribution in [0.2, 0.25) is 0 Å². The zero-order valence-electron chi connectivity index (χ0n) is 8.18. The van der Waals surface area contributed by atoms with Crippen LogP contribution in [0.3, 0.4) is 0 Å². The lowest BCUT2D eigenvalue weighted by molar-refractivity contribution is 0.746. The second kappa shape index (κ2) is 3.13. The summed E-state index contributed by atoms with van der Waals surface area (Å²) >= 11 is 0. The first-order chi connectivity index (χ1) is 6.70. The summed E-state index contributed by atoms with van der Waals surface area (Å²) in [5.74, 6) is 0.274. The third-order valence-electron chi connectivity index (χ3n) is 1.97. The van der Waals surface area contributed by atoms with E-state index in [9.17, 15) is 0 Å². The number of hydrogen-bond acceptors (Lipinski definition) is 4. The lowest BCUT2D eigenvalue weighted by Crippen LogP contribution is -1.98. The van der Waals surface area contributed by atoms with E-state index in [1.54, 1.807) is 15.7 Å². The molecule has 0 aliphatic rings. The van der Waals surface area contributed by atoms with Gasteiger partial charge in [-0.1, -0.05) is 6.92 Å². The molecule has 2 rings (SSSR count). The van der Waals surface area contributed by atoms with E-state index in [-0.39, 0.29) is 5.95 Å². The highest BCUT2D eigenvalue weighted by atomic mass is 15.4. The van der Waals surface area contributed by atoms with Crippen LogP contribution in [0.4, 0.5) is 5.95 Å². The maximum atomic E-state index is 5.44. The predicted molar refractivity (Wildman–Crippen MR) is 51.9 cm³/mol. The molecule has 0 aliphatic carbocycles. The van der Waals surface area contributed by atoms with Gasteiger partial charge in [0.1, 0.15) is 12.0 Å². The Labute approximate surface area is 81.4 Å². The summed E-state index contributed by atoms with van der Waals surface area (Å²) in [4.78, 5) is 3.87. The number of rotatable bonds is 2. The SMILES string of the molecule is CCc1nn(C)cc1-n1cnc(N)n1. The molecule has 2 aromatic rings. The molecule has 2 N–H and O–H groups in total. The van der Waals surface area contributed by atoms with Crippen molar-refractivity contribution in [2.24, 2.45) is 7.05 Å². The number of aromatic nitrogens is 5. The van der Waals surface area contributed by atoms with Crippen molar-refractivity contribution in [1.29, 1.82) is 0 Å². The fourth-order valence-corrected chi connectivity index (χ4v) is 1.36. The van der Waals surface area contributed by atoms with Crippen molar-refractivity contribution < 1.29 is 0 Å². The van der Waals surface area contributed by atoms with E-state index in [2.05, 4.69) is 15.2 Å². The van der Waals surface area contributed by atoms with E-state index in [0.717, 1.165) is 17.8 Å². The van der Waals surface area contributed by atoms with Gasteiger partial charge in [0.25, 0.3) is 0 Å². The van der Waals surface area contributed by atoms with Gasteiger partial charge in [-0.3, -0.25) is 4.68 Å². The van der Waals surface area contributed by atoms with Gasteiger partial charge >= 0.3 is 0 Å². The van der Waals surface area contributed by atoms with Crippen molar-refractivity contribution in [3.8, 4) is 5.69 Å². The van der Waals surface area contributed by atoms with Crippen molar-refractivity contribution in [2.75, 3.05) is 5.73 Å². The summed E-state index contributed by atoms with van der Waals surface area (Å²) in [6.45, 7) is 2.05. The topological polar surface area (TPSA) is 74.5 Å². The van der Waals surface area contributed by atoms with Gasteiger partial charge in [0.15, 0.2) is 0 Å². The van der Waals surface area contributed by atoms with Crippen LogP contribution in [-0.4, -0.2) is 24.5 Å². The molecule has 14 heavy (non-hydrogen) atoms. The Morgan fingerprint density at radius 2 is 2.21 bits per heavy atom. The van der Waals surface area contributed by atoms with E-state index in [0.29, 0.717) is 0 Å². The van der Waals surface area contributed by atoms with Crippen molar-refractivity contribution in [3.63, 3.8) is 0 Å². The standard InChI is InChI=1S/C8H12N6/c1-3-6-7(4-13(2)11-6)14-5-10-8(9)12-14/h4-5H,3H2,1-2H3,(H2,9,12). The zero-order chi connectivity index (χ0) is 10.1. The van der Waals surface area contributed by atoms with Crippen molar-refractivity contribution in [3.05, 3.63) is 18.2 Å². The van der Waals surface area contributed by atoms with Crippen LogP contribution < -0.4 is 5.73 Å². The van der Waals surface area contributed by atoms with Gasteiger partial charge in [-0.05, 0) is 6.42 Å². The molecular weight excluding hydrogens is 180 g/mol. The molecule has 0 unspecified atom stereocenters. The number of aryl methyl sites for hydroxylation is 2. The Balaban J connectivity index is 2.49. The average Bonchev–Trinajstić information content (AvgIpc) is 2.71. The van der Waals surface area contributed by atoms with Crippen LogP contribution in [0.1, 0.15) is 12.6 Å². The largest absolute Gasteiger partial charge is 0.366 e. The van der Waals surface area contributed by atoms with Gasteiger partial charge < -0.3 is 5.73 Å². The van der Waals surface area contributed by atoms with Crippen molar-refractivity contribution >= 4 is 5.95 Å². The first-order valence-corrected chi connectivity index (χ1v) is 4.40. The Hall–Kier alpha value is -1.85. The molecule has 0 spiro atoms. The van der Waals surface area contributed by atoms with Crippen LogP contribution in [0.25, 0.3) is 5.69 Å². The molecule has 0 aromatic carbocycles. The summed E-state index contributed by atoms with van der Waals surface area (Å²) in [5, 5.41) is 8.33. The van der Waals surface area contributed by atoms with E-state index < -0.39 is 0 Å². The van der Waals surface area contributed by atoms with Crippen molar-refractivity contribution in [2.45, 2.75) is 13.3 Å². The van der Waals surface area contributed by atoms with Gasteiger partial charge in [-0.15, -0.1) is 5.10 Å². The molecule has 0 saturated heterocycles. The highest BCUT2D eigenvalue weighted by Crippen LogP contribution is 2.11. The maximum Gasteiger partial charge on any atom is 0.239 e. The maximum absolute atomic E-state index is 5.44. The summed E-state index contributed by atoms with van der Waals surface area (Å²) in [7, 11) is 1.88.